The van der Waals surface area contributed by atoms with Gasteiger partial charge in [0.25, 0.3) is 11.8 Å². The number of nitrogens with one attached hydrogen (secondary N) is 4. The number of nitrogens with zero attached hydrogens (tertiary/aromatic N) is 3. The number of rotatable bonds is 8. The molecule has 4 N–H and O–H groups in total. The molecule has 5 aliphatic carbocycles. The quantitative estimate of drug-likeness (QED) is 0.224. The van der Waals surface area contributed by atoms with Crippen LogP contribution in [0.4, 0.5) is 0 Å². The summed E-state index contributed by atoms with van der Waals surface area (Å²) in [6.07, 6.45) is 6.41. The molecule has 13 nitrogen and oxygen atoms in total. The normalized spacial score (nSPS) is 28.9. The number of aromatic nitrogens is 4. The summed E-state index contributed by atoms with van der Waals surface area (Å²) >= 11 is 0. The zero-order valence-corrected chi connectivity index (χ0v) is 22.0. The summed E-state index contributed by atoms with van der Waals surface area (Å²) in [7, 11) is -3.30. The summed E-state index contributed by atoms with van der Waals surface area (Å²) in [6, 6.07) is 8.12. The van der Waals surface area contributed by atoms with Gasteiger partial charge in [0.2, 0.25) is 10.0 Å². The molecule has 3 aromatic heterocycles. The highest BCUT2D eigenvalue weighted by atomic mass is 32.2. The van der Waals surface area contributed by atoms with Gasteiger partial charge in [0.1, 0.15) is 11.4 Å². The van der Waals surface area contributed by atoms with Gasteiger partial charge in [-0.15, -0.1) is 0 Å². The van der Waals surface area contributed by atoms with E-state index in [1.165, 1.54) is 23.0 Å². The highest BCUT2D eigenvalue weighted by Gasteiger charge is 2.95. The number of sulfonamides is 1. The van der Waals surface area contributed by atoms with Crippen molar-refractivity contribution in [1.29, 1.82) is 0 Å². The van der Waals surface area contributed by atoms with Crippen molar-refractivity contribution in [2.24, 2.45) is 16.7 Å². The van der Waals surface area contributed by atoms with Crippen LogP contribution in [-0.4, -0.2) is 58.2 Å². The minimum Gasteiger partial charge on any atom is -0.408 e. The van der Waals surface area contributed by atoms with Gasteiger partial charge in [-0.25, -0.2) is 27.4 Å². The molecule has 0 saturated heterocycles. The van der Waals surface area contributed by atoms with Crippen molar-refractivity contribution >= 4 is 38.6 Å². The lowest BCUT2D eigenvalue weighted by atomic mass is 9.10. The third-order valence-electron chi connectivity index (χ3n) is 9.28. The summed E-state index contributed by atoms with van der Waals surface area (Å²) in [5, 5.41) is 10.0. The Balaban J connectivity index is 0.981. The monoisotopic (exact) mass is 561 g/mol. The van der Waals surface area contributed by atoms with Crippen LogP contribution in [0.2, 0.25) is 0 Å². The van der Waals surface area contributed by atoms with Gasteiger partial charge in [0.05, 0.1) is 23.5 Å². The zero-order chi connectivity index (χ0) is 27.7. The lowest BCUT2D eigenvalue weighted by Gasteiger charge is -2.95. The highest BCUT2D eigenvalue weighted by molar-refractivity contribution is 7.88. The fraction of sp³-hybridized carbons (Fsp3) is 0.346. The number of amides is 2. The molecule has 4 fully saturated rings. The standard InChI is InChI=1S/C26H23N7O6S/c1-40(37,38)32-26-11-25-18(26)8-24(25,9-19(25)26)12-28-22(35)16-7-15(30-20-4-5-29-33(16)20)21(34)27-10-13-2-3-17-14(6-13)31-23(36)39-17/h2-8,19,32H,9-12H2,1H3,(H,27,34)(H,28,35)(H,31,36). The van der Waals surface area contributed by atoms with E-state index in [0.29, 0.717) is 23.3 Å². The minimum atomic E-state index is -3.30. The minimum absolute atomic E-state index is 0.00870. The smallest absolute Gasteiger partial charge is 0.408 e. The van der Waals surface area contributed by atoms with E-state index in [9.17, 15) is 22.8 Å². The van der Waals surface area contributed by atoms with Crippen molar-refractivity contribution in [3.05, 3.63) is 75.7 Å². The highest BCUT2D eigenvalue weighted by Crippen LogP contribution is 2.95. The summed E-state index contributed by atoms with van der Waals surface area (Å²) in [6.45, 7) is 0.595. The van der Waals surface area contributed by atoms with Crippen LogP contribution in [0.25, 0.3) is 16.7 Å². The van der Waals surface area contributed by atoms with Crippen LogP contribution in [0, 0.1) is 16.7 Å². The van der Waals surface area contributed by atoms with Crippen LogP contribution in [0.15, 0.2) is 57.4 Å². The largest absolute Gasteiger partial charge is 0.417 e. The molecule has 2 bridgehead atoms. The van der Waals surface area contributed by atoms with Crippen LogP contribution in [0.3, 0.4) is 0 Å². The van der Waals surface area contributed by atoms with Crippen molar-refractivity contribution in [2.75, 3.05) is 12.8 Å². The molecule has 4 saturated carbocycles. The maximum Gasteiger partial charge on any atom is 0.417 e. The molecular formula is C26H23N7O6S. The number of carbonyl (C=O) groups excluding carboxylic acids is 2. The van der Waals surface area contributed by atoms with E-state index in [1.54, 1.807) is 24.3 Å². The Labute approximate surface area is 226 Å². The van der Waals surface area contributed by atoms with Crippen LogP contribution < -0.4 is 21.1 Å². The van der Waals surface area contributed by atoms with E-state index in [2.05, 4.69) is 36.5 Å². The van der Waals surface area contributed by atoms with E-state index in [1.807, 2.05) is 0 Å². The zero-order valence-electron chi connectivity index (χ0n) is 21.1. The molecule has 2 amide bonds. The number of aromatic amines is 1. The maximum absolute atomic E-state index is 13.3. The van der Waals surface area contributed by atoms with E-state index in [-0.39, 0.29) is 40.6 Å². The van der Waals surface area contributed by atoms with Crippen molar-refractivity contribution in [1.82, 2.24) is 34.9 Å². The predicted octanol–water partition coefficient (Wildman–Crippen LogP) is 0.462. The maximum atomic E-state index is 13.3. The number of hydrogen-bond acceptors (Lipinski definition) is 8. The third-order valence-corrected chi connectivity index (χ3v) is 10.0. The van der Waals surface area contributed by atoms with Gasteiger partial charge < -0.3 is 15.1 Å². The number of fused-ring (bicyclic) bond motifs is 2. The van der Waals surface area contributed by atoms with Crippen molar-refractivity contribution < 1.29 is 22.4 Å². The Morgan fingerprint density at radius 3 is 2.77 bits per heavy atom. The van der Waals surface area contributed by atoms with Crippen molar-refractivity contribution in [3.8, 4) is 0 Å². The SMILES string of the molecule is CS(=O)(=O)NC12CC34C1=CC3(CNC(=O)c1cc(C(=O)NCc3ccc5oc(=O)[nH]c5c3)nc3ccnn13)CC24. The Morgan fingerprint density at radius 2 is 2.05 bits per heavy atom. The van der Waals surface area contributed by atoms with E-state index in [4.69, 9.17) is 4.42 Å². The average Bonchev–Trinajstić information content (AvgIpc) is 3.52. The van der Waals surface area contributed by atoms with E-state index < -0.39 is 27.2 Å². The molecule has 0 aliphatic heterocycles. The first-order chi connectivity index (χ1) is 19.0. The molecule has 0 radical (unpaired) electrons. The summed E-state index contributed by atoms with van der Waals surface area (Å²) in [4.78, 5) is 44.7. The van der Waals surface area contributed by atoms with Gasteiger partial charge in [-0.2, -0.15) is 5.10 Å². The number of benzene rings is 1. The van der Waals surface area contributed by atoms with Gasteiger partial charge in [-0.05, 0) is 42.0 Å². The topological polar surface area (TPSA) is 181 Å². The number of carbonyl (C=O) groups is 2. The lowest BCUT2D eigenvalue weighted by Crippen LogP contribution is -2.97. The second kappa shape index (κ2) is 7.26. The van der Waals surface area contributed by atoms with Crippen molar-refractivity contribution in [3.63, 3.8) is 0 Å². The van der Waals surface area contributed by atoms with Crippen LogP contribution >= 0.6 is 0 Å². The third kappa shape index (κ3) is 2.84. The molecule has 1 spiro atoms. The second-order valence-corrected chi connectivity index (χ2v) is 13.1. The predicted molar refractivity (Wildman–Crippen MR) is 140 cm³/mol. The Hall–Kier alpha value is -4.30. The fourth-order valence-corrected chi connectivity index (χ4v) is 8.62. The van der Waals surface area contributed by atoms with Gasteiger partial charge in [0, 0.05) is 36.1 Å². The number of hydrogen-bond donors (Lipinski definition) is 4. The fourth-order valence-electron chi connectivity index (χ4n) is 7.63. The molecule has 14 heteroatoms. The molecule has 4 aromatic rings. The molecule has 5 aliphatic rings. The van der Waals surface area contributed by atoms with Crippen molar-refractivity contribution in [2.45, 2.75) is 24.9 Å². The first kappa shape index (κ1) is 23.6. The molecule has 9 rings (SSSR count). The molecular weight excluding hydrogens is 538 g/mol. The summed E-state index contributed by atoms with van der Waals surface area (Å²) < 4.78 is 32.9. The van der Waals surface area contributed by atoms with Gasteiger partial charge in [0.15, 0.2) is 11.2 Å². The Bertz CT molecular complexity index is 2030. The Kier molecular flexibility index (Phi) is 4.28. The van der Waals surface area contributed by atoms with Gasteiger partial charge in [-0.3, -0.25) is 14.6 Å². The molecule has 204 valence electrons. The summed E-state index contributed by atoms with van der Waals surface area (Å²) in [5.41, 5.74) is 2.91. The lowest BCUT2D eigenvalue weighted by molar-refractivity contribution is -0.325. The van der Waals surface area contributed by atoms with E-state index >= 15 is 0 Å². The van der Waals surface area contributed by atoms with Crippen LogP contribution in [0.5, 0.6) is 0 Å². The van der Waals surface area contributed by atoms with E-state index in [0.717, 1.165) is 24.0 Å². The first-order valence-electron chi connectivity index (χ1n) is 12.8. The molecule has 3 heterocycles. The Morgan fingerprint density at radius 1 is 1.20 bits per heavy atom. The molecule has 4 unspecified atom stereocenters. The van der Waals surface area contributed by atoms with Gasteiger partial charge in [-0.1, -0.05) is 12.1 Å². The molecule has 1 aromatic carbocycles. The number of H-pyrrole nitrogens is 1. The number of oxazole rings is 1. The average molecular weight is 562 g/mol. The summed E-state index contributed by atoms with van der Waals surface area (Å²) in [5.74, 6) is -1.11. The molecule has 40 heavy (non-hydrogen) atoms. The molecule has 4 atom stereocenters. The van der Waals surface area contributed by atoms with Gasteiger partial charge >= 0.3 is 5.76 Å². The van der Waals surface area contributed by atoms with Crippen LogP contribution in [-0.2, 0) is 16.6 Å². The first-order valence-corrected chi connectivity index (χ1v) is 14.7. The van der Waals surface area contributed by atoms with Crippen LogP contribution in [0.1, 0.15) is 39.4 Å². The second-order valence-electron chi connectivity index (χ2n) is 11.3.